The Morgan fingerprint density at radius 1 is 1.28 bits per heavy atom. The lowest BCUT2D eigenvalue weighted by molar-refractivity contribution is 0.206. The van der Waals surface area contributed by atoms with Gasteiger partial charge >= 0.3 is 0 Å². The SMILES string of the molecule is CNc1ncc(F)c(OC(C)c2ccccc2)n1. The summed E-state index contributed by atoms with van der Waals surface area (Å²) < 4.78 is 19.0. The fourth-order valence-corrected chi connectivity index (χ4v) is 1.51. The number of nitrogens with zero attached hydrogens (tertiary/aromatic N) is 2. The van der Waals surface area contributed by atoms with E-state index in [0.717, 1.165) is 11.8 Å². The van der Waals surface area contributed by atoms with E-state index in [0.29, 0.717) is 5.95 Å². The predicted molar refractivity (Wildman–Crippen MR) is 67.0 cm³/mol. The van der Waals surface area contributed by atoms with Gasteiger partial charge in [-0.3, -0.25) is 0 Å². The summed E-state index contributed by atoms with van der Waals surface area (Å²) in [4.78, 5) is 7.70. The van der Waals surface area contributed by atoms with E-state index in [2.05, 4.69) is 15.3 Å². The number of aromatic nitrogens is 2. The smallest absolute Gasteiger partial charge is 0.255 e. The molecule has 0 spiro atoms. The summed E-state index contributed by atoms with van der Waals surface area (Å²) in [5.74, 6) is -0.297. The lowest BCUT2D eigenvalue weighted by atomic mass is 10.1. The van der Waals surface area contributed by atoms with Crippen molar-refractivity contribution < 1.29 is 9.13 Å². The first-order chi connectivity index (χ1) is 8.70. The van der Waals surface area contributed by atoms with E-state index in [4.69, 9.17) is 4.74 Å². The Morgan fingerprint density at radius 3 is 2.67 bits per heavy atom. The molecule has 1 N–H and O–H groups in total. The Balaban J connectivity index is 2.18. The highest BCUT2D eigenvalue weighted by Gasteiger charge is 2.13. The molecule has 18 heavy (non-hydrogen) atoms. The molecule has 0 aliphatic heterocycles. The number of halogens is 1. The highest BCUT2D eigenvalue weighted by molar-refractivity contribution is 5.28. The molecule has 1 aromatic carbocycles. The van der Waals surface area contributed by atoms with E-state index in [1.54, 1.807) is 7.05 Å². The molecular weight excluding hydrogens is 233 g/mol. The second-order valence-corrected chi connectivity index (χ2v) is 3.77. The van der Waals surface area contributed by atoms with Crippen LogP contribution < -0.4 is 10.1 Å². The van der Waals surface area contributed by atoms with Gasteiger partial charge in [0, 0.05) is 7.05 Å². The van der Waals surface area contributed by atoms with Crippen LogP contribution >= 0.6 is 0 Å². The quantitative estimate of drug-likeness (QED) is 0.902. The van der Waals surface area contributed by atoms with Crippen LogP contribution in [0.1, 0.15) is 18.6 Å². The van der Waals surface area contributed by atoms with E-state index >= 15 is 0 Å². The molecule has 1 unspecified atom stereocenters. The third-order valence-electron chi connectivity index (χ3n) is 2.49. The molecule has 0 aliphatic rings. The van der Waals surface area contributed by atoms with Gasteiger partial charge in [0.2, 0.25) is 11.8 Å². The minimum absolute atomic E-state index is 0.0503. The van der Waals surface area contributed by atoms with E-state index in [1.807, 2.05) is 37.3 Å². The maximum Gasteiger partial charge on any atom is 0.255 e. The van der Waals surface area contributed by atoms with E-state index in [1.165, 1.54) is 0 Å². The van der Waals surface area contributed by atoms with Crippen LogP contribution in [0.4, 0.5) is 10.3 Å². The molecule has 0 saturated carbocycles. The molecule has 2 rings (SSSR count). The topological polar surface area (TPSA) is 47.0 Å². The molecule has 94 valence electrons. The maximum atomic E-state index is 13.5. The summed E-state index contributed by atoms with van der Waals surface area (Å²) >= 11 is 0. The Morgan fingerprint density at radius 2 is 2.00 bits per heavy atom. The number of benzene rings is 1. The number of hydrogen-bond acceptors (Lipinski definition) is 4. The van der Waals surface area contributed by atoms with Crippen LogP contribution in [-0.4, -0.2) is 17.0 Å². The molecule has 1 atom stereocenters. The van der Waals surface area contributed by atoms with Gasteiger partial charge in [-0.15, -0.1) is 0 Å². The lowest BCUT2D eigenvalue weighted by Gasteiger charge is -2.14. The first-order valence-electron chi connectivity index (χ1n) is 5.62. The molecule has 0 saturated heterocycles. The van der Waals surface area contributed by atoms with Crippen molar-refractivity contribution in [3.05, 3.63) is 47.9 Å². The standard InChI is InChI=1S/C13H14FN3O/c1-9(10-6-4-3-5-7-10)18-12-11(14)8-16-13(15-2)17-12/h3-9H,1-2H3,(H,15,16,17). The molecule has 0 amide bonds. The Labute approximate surface area is 105 Å². The molecule has 0 fully saturated rings. The zero-order chi connectivity index (χ0) is 13.0. The molecule has 0 radical (unpaired) electrons. The van der Waals surface area contributed by atoms with Gasteiger partial charge in [0.1, 0.15) is 6.10 Å². The summed E-state index contributed by atoms with van der Waals surface area (Å²) in [6, 6.07) is 9.57. The van der Waals surface area contributed by atoms with Crippen LogP contribution in [0.3, 0.4) is 0 Å². The molecule has 1 aromatic heterocycles. The van der Waals surface area contributed by atoms with Gasteiger partial charge in [-0.2, -0.15) is 9.37 Å². The van der Waals surface area contributed by atoms with Crippen molar-refractivity contribution in [2.45, 2.75) is 13.0 Å². The van der Waals surface area contributed by atoms with Crippen LogP contribution in [-0.2, 0) is 0 Å². The lowest BCUT2D eigenvalue weighted by Crippen LogP contribution is -2.07. The largest absolute Gasteiger partial charge is 0.468 e. The van der Waals surface area contributed by atoms with Crippen molar-refractivity contribution in [3.63, 3.8) is 0 Å². The minimum atomic E-state index is -0.572. The van der Waals surface area contributed by atoms with E-state index in [-0.39, 0.29) is 12.0 Å². The van der Waals surface area contributed by atoms with Crippen molar-refractivity contribution in [2.75, 3.05) is 12.4 Å². The molecule has 5 heteroatoms. The first kappa shape index (κ1) is 12.3. The van der Waals surface area contributed by atoms with Gasteiger partial charge in [-0.05, 0) is 12.5 Å². The number of ether oxygens (including phenoxy) is 1. The fourth-order valence-electron chi connectivity index (χ4n) is 1.51. The summed E-state index contributed by atoms with van der Waals surface area (Å²) in [5, 5.41) is 2.74. The summed E-state index contributed by atoms with van der Waals surface area (Å²) in [5.41, 5.74) is 0.960. The Kier molecular flexibility index (Phi) is 3.72. The van der Waals surface area contributed by atoms with Gasteiger partial charge in [0.15, 0.2) is 0 Å². The van der Waals surface area contributed by atoms with Crippen molar-refractivity contribution >= 4 is 5.95 Å². The molecule has 0 aliphatic carbocycles. The Hall–Kier alpha value is -2.17. The van der Waals surface area contributed by atoms with E-state index < -0.39 is 5.82 Å². The molecule has 0 bridgehead atoms. The Bertz CT molecular complexity index is 519. The minimum Gasteiger partial charge on any atom is -0.468 e. The summed E-state index contributed by atoms with van der Waals surface area (Å²) in [6.45, 7) is 1.84. The zero-order valence-corrected chi connectivity index (χ0v) is 10.2. The van der Waals surface area contributed by atoms with Crippen molar-refractivity contribution in [1.82, 2.24) is 9.97 Å². The number of nitrogens with one attached hydrogen (secondary N) is 1. The van der Waals surface area contributed by atoms with Gasteiger partial charge in [0.05, 0.1) is 6.20 Å². The highest BCUT2D eigenvalue weighted by Crippen LogP contribution is 2.22. The highest BCUT2D eigenvalue weighted by atomic mass is 19.1. The van der Waals surface area contributed by atoms with E-state index in [9.17, 15) is 4.39 Å². The number of hydrogen-bond donors (Lipinski definition) is 1. The third-order valence-corrected chi connectivity index (χ3v) is 2.49. The van der Waals surface area contributed by atoms with Gasteiger partial charge < -0.3 is 10.1 Å². The second kappa shape index (κ2) is 5.44. The third kappa shape index (κ3) is 2.74. The second-order valence-electron chi connectivity index (χ2n) is 3.77. The van der Waals surface area contributed by atoms with Crippen LogP contribution in [0.2, 0.25) is 0 Å². The zero-order valence-electron chi connectivity index (χ0n) is 10.2. The van der Waals surface area contributed by atoms with Gasteiger partial charge in [-0.1, -0.05) is 30.3 Å². The monoisotopic (exact) mass is 247 g/mol. The summed E-state index contributed by atoms with van der Waals surface area (Å²) in [7, 11) is 1.66. The molecular formula is C13H14FN3O. The van der Waals surface area contributed by atoms with Gasteiger partial charge in [-0.25, -0.2) is 4.98 Å². The van der Waals surface area contributed by atoms with Crippen LogP contribution in [0.15, 0.2) is 36.5 Å². The molecule has 1 heterocycles. The fraction of sp³-hybridized carbons (Fsp3) is 0.231. The first-order valence-corrected chi connectivity index (χ1v) is 5.62. The van der Waals surface area contributed by atoms with Crippen molar-refractivity contribution in [1.29, 1.82) is 0 Å². The average molecular weight is 247 g/mol. The number of rotatable bonds is 4. The predicted octanol–water partition coefficient (Wildman–Crippen LogP) is 2.80. The summed E-state index contributed by atoms with van der Waals surface area (Å²) in [6.07, 6.45) is 0.812. The normalized spacial score (nSPS) is 11.9. The molecule has 4 nitrogen and oxygen atoms in total. The van der Waals surface area contributed by atoms with Crippen LogP contribution in [0.5, 0.6) is 5.88 Å². The molecule has 2 aromatic rings. The van der Waals surface area contributed by atoms with Crippen LogP contribution in [0, 0.1) is 5.82 Å². The van der Waals surface area contributed by atoms with Gasteiger partial charge in [0.25, 0.3) is 5.88 Å². The maximum absolute atomic E-state index is 13.5. The average Bonchev–Trinajstić information content (AvgIpc) is 2.42. The van der Waals surface area contributed by atoms with Crippen molar-refractivity contribution in [3.8, 4) is 5.88 Å². The van der Waals surface area contributed by atoms with Crippen molar-refractivity contribution in [2.24, 2.45) is 0 Å². The number of anilines is 1. The van der Waals surface area contributed by atoms with Crippen LogP contribution in [0.25, 0.3) is 0 Å².